The number of likely N-dealkylation sites (N-methyl/N-ethyl adjacent to an activating group) is 1. The summed E-state index contributed by atoms with van der Waals surface area (Å²) in [4.78, 5) is 4.80. The molecule has 0 unspecified atom stereocenters. The van der Waals surface area contributed by atoms with E-state index in [2.05, 4.69) is 16.8 Å². The van der Waals surface area contributed by atoms with E-state index in [1.807, 2.05) is 0 Å². The second kappa shape index (κ2) is 6.07. The third-order valence-electron chi connectivity index (χ3n) is 3.58. The summed E-state index contributed by atoms with van der Waals surface area (Å²) in [5.74, 6) is 0.508. The molecule has 0 radical (unpaired) electrons. The van der Waals surface area contributed by atoms with Crippen LogP contribution >= 0.6 is 0 Å². The molecule has 1 saturated heterocycles. The van der Waals surface area contributed by atoms with Crippen LogP contribution in [0.3, 0.4) is 0 Å². The van der Waals surface area contributed by atoms with Gasteiger partial charge in [-0.3, -0.25) is 0 Å². The van der Waals surface area contributed by atoms with Gasteiger partial charge in [0.2, 0.25) is 0 Å². The van der Waals surface area contributed by atoms with Gasteiger partial charge >= 0.3 is 0 Å². The molecule has 100 valence electrons. The molecule has 0 aromatic heterocycles. The molecule has 0 bridgehead atoms. The zero-order valence-electron chi connectivity index (χ0n) is 11.0. The zero-order valence-corrected chi connectivity index (χ0v) is 11.0. The molecule has 1 heterocycles. The van der Waals surface area contributed by atoms with E-state index in [1.165, 1.54) is 6.07 Å². The molecule has 1 aromatic carbocycles. The predicted octanol–water partition coefficient (Wildman–Crippen LogP) is 1.28. The number of aromatic hydroxyl groups is 2. The molecule has 1 aliphatic heterocycles. The Morgan fingerprint density at radius 1 is 1.11 bits per heavy atom. The van der Waals surface area contributed by atoms with Crippen molar-refractivity contribution in [1.82, 2.24) is 9.80 Å². The summed E-state index contributed by atoms with van der Waals surface area (Å²) in [7, 11) is 2.15. The lowest BCUT2D eigenvalue weighted by molar-refractivity contribution is 0.153. The van der Waals surface area contributed by atoms with E-state index in [0.717, 1.165) is 51.1 Å². The van der Waals surface area contributed by atoms with Crippen LogP contribution in [0.5, 0.6) is 11.5 Å². The van der Waals surface area contributed by atoms with Gasteiger partial charge in [0.25, 0.3) is 0 Å². The van der Waals surface area contributed by atoms with Crippen LogP contribution in [0, 0.1) is 0 Å². The van der Waals surface area contributed by atoms with Gasteiger partial charge in [0.05, 0.1) is 0 Å². The first kappa shape index (κ1) is 13.2. The average molecular weight is 250 g/mol. The molecule has 0 aliphatic carbocycles. The minimum Gasteiger partial charge on any atom is -0.508 e. The third kappa shape index (κ3) is 3.62. The second-order valence-electron chi connectivity index (χ2n) is 5.06. The predicted molar refractivity (Wildman–Crippen MR) is 72.0 cm³/mol. The molecule has 1 aliphatic rings. The summed E-state index contributed by atoms with van der Waals surface area (Å²) in [6.07, 6.45) is 1.83. The van der Waals surface area contributed by atoms with Crippen LogP contribution in [0.25, 0.3) is 0 Å². The number of hydrogen-bond acceptors (Lipinski definition) is 4. The third-order valence-corrected chi connectivity index (χ3v) is 3.58. The van der Waals surface area contributed by atoms with Crippen LogP contribution in [0.2, 0.25) is 0 Å². The fourth-order valence-corrected chi connectivity index (χ4v) is 2.34. The van der Waals surface area contributed by atoms with Crippen molar-refractivity contribution in [3.05, 3.63) is 23.8 Å². The summed E-state index contributed by atoms with van der Waals surface area (Å²) >= 11 is 0. The van der Waals surface area contributed by atoms with Gasteiger partial charge in [-0.1, -0.05) is 0 Å². The molecule has 2 rings (SSSR count). The molecule has 0 saturated carbocycles. The highest BCUT2D eigenvalue weighted by Gasteiger charge is 2.13. The number of piperazine rings is 1. The molecule has 18 heavy (non-hydrogen) atoms. The van der Waals surface area contributed by atoms with Crippen LogP contribution in [-0.2, 0) is 6.42 Å². The number of nitrogens with zero attached hydrogens (tertiary/aromatic N) is 2. The smallest absolute Gasteiger partial charge is 0.119 e. The van der Waals surface area contributed by atoms with Crippen LogP contribution in [-0.4, -0.2) is 59.8 Å². The minimum atomic E-state index is 0.224. The van der Waals surface area contributed by atoms with Crippen molar-refractivity contribution >= 4 is 0 Å². The Bertz CT molecular complexity index is 387. The standard InChI is InChI=1S/C14H22N2O2/c1-15-7-9-16(10-8-15)6-2-3-12-11-13(17)4-5-14(12)18/h4-5,11,17-18H,2-3,6-10H2,1H3. The normalized spacial score (nSPS) is 18.1. The highest BCUT2D eigenvalue weighted by atomic mass is 16.3. The van der Waals surface area contributed by atoms with Gasteiger partial charge in [-0.05, 0) is 50.2 Å². The van der Waals surface area contributed by atoms with Crippen molar-refractivity contribution < 1.29 is 10.2 Å². The van der Waals surface area contributed by atoms with E-state index < -0.39 is 0 Å². The first-order valence-corrected chi connectivity index (χ1v) is 6.57. The first-order chi connectivity index (χ1) is 8.65. The Balaban J connectivity index is 1.76. The number of benzene rings is 1. The summed E-state index contributed by atoms with van der Waals surface area (Å²) in [6.45, 7) is 5.59. The molecule has 0 spiro atoms. The van der Waals surface area contributed by atoms with E-state index in [1.54, 1.807) is 12.1 Å². The van der Waals surface area contributed by atoms with Crippen molar-refractivity contribution in [3.63, 3.8) is 0 Å². The van der Waals surface area contributed by atoms with Crippen molar-refractivity contribution in [2.75, 3.05) is 39.8 Å². The Morgan fingerprint density at radius 2 is 1.83 bits per heavy atom. The lowest BCUT2D eigenvalue weighted by Gasteiger charge is -2.32. The quantitative estimate of drug-likeness (QED) is 0.790. The highest BCUT2D eigenvalue weighted by molar-refractivity contribution is 5.38. The van der Waals surface area contributed by atoms with Crippen LogP contribution < -0.4 is 0 Å². The first-order valence-electron chi connectivity index (χ1n) is 6.57. The molecule has 2 N–H and O–H groups in total. The molecule has 1 aromatic rings. The molecule has 4 nitrogen and oxygen atoms in total. The molecule has 0 atom stereocenters. The van der Waals surface area contributed by atoms with Crippen molar-refractivity contribution in [2.45, 2.75) is 12.8 Å². The summed E-state index contributed by atoms with van der Waals surface area (Å²) in [5.41, 5.74) is 0.837. The average Bonchev–Trinajstić information content (AvgIpc) is 2.36. The monoisotopic (exact) mass is 250 g/mol. The van der Waals surface area contributed by atoms with Crippen molar-refractivity contribution in [2.24, 2.45) is 0 Å². The Labute approximate surface area is 108 Å². The van der Waals surface area contributed by atoms with Gasteiger partial charge < -0.3 is 20.0 Å². The van der Waals surface area contributed by atoms with Crippen LogP contribution in [0.4, 0.5) is 0 Å². The van der Waals surface area contributed by atoms with Gasteiger partial charge in [0, 0.05) is 26.2 Å². The lowest BCUT2D eigenvalue weighted by Crippen LogP contribution is -2.44. The van der Waals surface area contributed by atoms with E-state index in [9.17, 15) is 10.2 Å². The van der Waals surface area contributed by atoms with E-state index in [-0.39, 0.29) is 11.5 Å². The molecular formula is C14H22N2O2. The van der Waals surface area contributed by atoms with Gasteiger partial charge in [0.1, 0.15) is 11.5 Å². The van der Waals surface area contributed by atoms with E-state index in [4.69, 9.17) is 0 Å². The Hall–Kier alpha value is -1.26. The topological polar surface area (TPSA) is 46.9 Å². The summed E-state index contributed by atoms with van der Waals surface area (Å²) in [6, 6.07) is 4.72. The van der Waals surface area contributed by atoms with E-state index in [0.29, 0.717) is 0 Å². The van der Waals surface area contributed by atoms with Gasteiger partial charge in [0.15, 0.2) is 0 Å². The lowest BCUT2D eigenvalue weighted by atomic mass is 10.1. The summed E-state index contributed by atoms with van der Waals surface area (Å²) in [5, 5.41) is 19.1. The highest BCUT2D eigenvalue weighted by Crippen LogP contribution is 2.23. The SMILES string of the molecule is CN1CCN(CCCc2cc(O)ccc2O)CC1. The summed E-state index contributed by atoms with van der Waals surface area (Å²) < 4.78 is 0. The maximum atomic E-state index is 9.68. The van der Waals surface area contributed by atoms with Gasteiger partial charge in [-0.15, -0.1) is 0 Å². The number of hydrogen-bond donors (Lipinski definition) is 2. The van der Waals surface area contributed by atoms with Crippen molar-refractivity contribution in [1.29, 1.82) is 0 Å². The number of aryl methyl sites for hydroxylation is 1. The molecule has 4 heteroatoms. The molecule has 1 fully saturated rings. The maximum absolute atomic E-state index is 9.68. The van der Waals surface area contributed by atoms with Crippen LogP contribution in [0.1, 0.15) is 12.0 Å². The largest absolute Gasteiger partial charge is 0.508 e. The minimum absolute atomic E-state index is 0.224. The molecular weight excluding hydrogens is 228 g/mol. The Morgan fingerprint density at radius 3 is 2.56 bits per heavy atom. The molecule has 0 amide bonds. The number of phenols is 2. The fourth-order valence-electron chi connectivity index (χ4n) is 2.34. The second-order valence-corrected chi connectivity index (χ2v) is 5.06. The Kier molecular flexibility index (Phi) is 4.44. The maximum Gasteiger partial charge on any atom is 0.119 e. The van der Waals surface area contributed by atoms with Gasteiger partial charge in [-0.25, -0.2) is 0 Å². The number of rotatable bonds is 4. The zero-order chi connectivity index (χ0) is 13.0. The van der Waals surface area contributed by atoms with Crippen molar-refractivity contribution in [3.8, 4) is 11.5 Å². The number of phenolic OH excluding ortho intramolecular Hbond substituents is 2. The fraction of sp³-hybridized carbons (Fsp3) is 0.571. The van der Waals surface area contributed by atoms with Gasteiger partial charge in [-0.2, -0.15) is 0 Å². The van der Waals surface area contributed by atoms with E-state index >= 15 is 0 Å². The van der Waals surface area contributed by atoms with Crippen LogP contribution in [0.15, 0.2) is 18.2 Å².